The number of hydrogen-bond donors (Lipinski definition) is 1. The highest BCUT2D eigenvalue weighted by molar-refractivity contribution is 8.11. The molecule has 54 valence electrons. The van der Waals surface area contributed by atoms with Crippen LogP contribution in [0.1, 0.15) is 13.8 Å². The van der Waals surface area contributed by atoms with Crippen LogP contribution in [0.15, 0.2) is 0 Å². The molecule has 0 saturated heterocycles. The van der Waals surface area contributed by atoms with Crippen molar-refractivity contribution in [1.82, 2.24) is 4.31 Å². The maximum Gasteiger partial charge on any atom is 0.291 e. The van der Waals surface area contributed by atoms with Crippen molar-refractivity contribution in [3.8, 4) is 0 Å². The topological polar surface area (TPSA) is 46.3 Å². The molecule has 0 rings (SSSR count). The minimum absolute atomic E-state index is 0.335. The Morgan fingerprint density at radius 2 is 2.00 bits per heavy atom. The fraction of sp³-hybridized carbons (Fsp3) is 0.800. The summed E-state index contributed by atoms with van der Waals surface area (Å²) >= 11 is 1.07. The molecular formula is C5H12N2OS. The third-order valence-electron chi connectivity index (χ3n) is 0.924. The Balaban J connectivity index is 3.43. The molecule has 0 atom stereocenters. The quantitative estimate of drug-likeness (QED) is 0.609. The summed E-state index contributed by atoms with van der Waals surface area (Å²) in [5.74, 6) is 0. The van der Waals surface area contributed by atoms with E-state index in [4.69, 9.17) is 5.73 Å². The molecule has 0 saturated carbocycles. The Hall–Kier alpha value is -0.220. The number of carbonyl (C=O) groups excluding carboxylic acids is 1. The second-order valence-electron chi connectivity index (χ2n) is 1.52. The smallest absolute Gasteiger partial charge is 0.291 e. The number of nitrogens with zero attached hydrogens (tertiary/aromatic N) is 1. The van der Waals surface area contributed by atoms with Gasteiger partial charge in [-0.15, -0.1) is 0 Å². The summed E-state index contributed by atoms with van der Waals surface area (Å²) in [6, 6.07) is 0. The monoisotopic (exact) mass is 148 g/mol. The first-order chi connectivity index (χ1) is 4.20. The molecule has 0 aliphatic heterocycles. The van der Waals surface area contributed by atoms with E-state index in [1.807, 2.05) is 18.2 Å². The number of carbonyl (C=O) groups is 1. The van der Waals surface area contributed by atoms with Crippen molar-refractivity contribution in [3.05, 3.63) is 0 Å². The van der Waals surface area contributed by atoms with E-state index in [0.717, 1.165) is 25.0 Å². The molecule has 0 aromatic carbocycles. The first kappa shape index (κ1) is 8.78. The number of nitrogens with two attached hydrogens (primary N) is 1. The molecular weight excluding hydrogens is 136 g/mol. The van der Waals surface area contributed by atoms with E-state index >= 15 is 0 Å². The van der Waals surface area contributed by atoms with Crippen LogP contribution in [0.2, 0.25) is 0 Å². The average Bonchev–Trinajstić information content (AvgIpc) is 1.82. The second kappa shape index (κ2) is 4.64. The van der Waals surface area contributed by atoms with E-state index in [-0.39, 0.29) is 5.24 Å². The summed E-state index contributed by atoms with van der Waals surface area (Å²) in [5.41, 5.74) is 4.93. The van der Waals surface area contributed by atoms with Crippen LogP contribution in [0, 0.1) is 0 Å². The van der Waals surface area contributed by atoms with Crippen molar-refractivity contribution < 1.29 is 4.79 Å². The third-order valence-corrected chi connectivity index (χ3v) is 1.88. The minimum Gasteiger partial charge on any atom is -0.359 e. The summed E-state index contributed by atoms with van der Waals surface area (Å²) in [6.07, 6.45) is 0. The fourth-order valence-electron chi connectivity index (χ4n) is 0.480. The predicted octanol–water partition coefficient (Wildman–Crippen LogP) is 1.06. The van der Waals surface area contributed by atoms with Crippen molar-refractivity contribution in [2.75, 3.05) is 13.1 Å². The molecule has 3 nitrogen and oxygen atoms in total. The lowest BCUT2D eigenvalue weighted by Crippen LogP contribution is -2.19. The Morgan fingerprint density at radius 1 is 1.56 bits per heavy atom. The standard InChI is InChI=1S/C5H12N2OS/c1-3-7(4-2)9-5(6)8/h3-4H2,1-2H3,(H2,6,8). The van der Waals surface area contributed by atoms with Gasteiger partial charge in [-0.3, -0.25) is 4.79 Å². The lowest BCUT2D eigenvalue weighted by Gasteiger charge is -2.12. The van der Waals surface area contributed by atoms with Gasteiger partial charge >= 0.3 is 0 Å². The van der Waals surface area contributed by atoms with Crippen molar-refractivity contribution in [2.24, 2.45) is 5.73 Å². The van der Waals surface area contributed by atoms with Gasteiger partial charge in [0.1, 0.15) is 0 Å². The van der Waals surface area contributed by atoms with E-state index in [9.17, 15) is 4.79 Å². The van der Waals surface area contributed by atoms with Gasteiger partial charge in [0.25, 0.3) is 5.24 Å². The lowest BCUT2D eigenvalue weighted by molar-refractivity contribution is 0.266. The van der Waals surface area contributed by atoms with E-state index in [0.29, 0.717) is 0 Å². The average molecular weight is 148 g/mol. The van der Waals surface area contributed by atoms with Crippen molar-refractivity contribution in [2.45, 2.75) is 13.8 Å². The van der Waals surface area contributed by atoms with Crippen LogP contribution < -0.4 is 5.73 Å². The van der Waals surface area contributed by atoms with Crippen LogP contribution in [0.5, 0.6) is 0 Å². The second-order valence-corrected chi connectivity index (χ2v) is 2.63. The van der Waals surface area contributed by atoms with Crippen molar-refractivity contribution in [1.29, 1.82) is 0 Å². The minimum atomic E-state index is -0.335. The zero-order valence-corrected chi connectivity index (χ0v) is 6.57. The Labute approximate surface area is 59.7 Å². The molecule has 4 heteroatoms. The highest BCUT2D eigenvalue weighted by Gasteiger charge is 2.02. The molecule has 0 bridgehead atoms. The predicted molar refractivity (Wildman–Crippen MR) is 40.1 cm³/mol. The van der Waals surface area contributed by atoms with Crippen molar-refractivity contribution >= 4 is 17.2 Å². The maximum absolute atomic E-state index is 10.3. The molecule has 0 unspecified atom stereocenters. The van der Waals surface area contributed by atoms with Crippen LogP contribution in [-0.2, 0) is 0 Å². The molecule has 0 aliphatic carbocycles. The zero-order valence-electron chi connectivity index (χ0n) is 5.76. The van der Waals surface area contributed by atoms with Crippen molar-refractivity contribution in [3.63, 3.8) is 0 Å². The van der Waals surface area contributed by atoms with E-state index in [1.54, 1.807) is 0 Å². The molecule has 0 spiro atoms. The molecule has 0 aromatic rings. The number of rotatable bonds is 3. The Morgan fingerprint density at radius 3 is 2.11 bits per heavy atom. The Bertz CT molecular complexity index is 93.0. The molecule has 2 N–H and O–H groups in total. The van der Waals surface area contributed by atoms with Gasteiger partial charge in [0.05, 0.1) is 0 Å². The van der Waals surface area contributed by atoms with E-state index < -0.39 is 0 Å². The first-order valence-electron chi connectivity index (χ1n) is 2.93. The molecule has 1 amide bonds. The van der Waals surface area contributed by atoms with Crippen LogP contribution >= 0.6 is 11.9 Å². The fourth-order valence-corrected chi connectivity index (χ4v) is 0.993. The lowest BCUT2D eigenvalue weighted by atomic mass is 10.7. The van der Waals surface area contributed by atoms with Crippen LogP contribution in [0.4, 0.5) is 4.79 Å². The molecule has 0 fully saturated rings. The number of amides is 1. The largest absolute Gasteiger partial charge is 0.359 e. The van der Waals surface area contributed by atoms with Gasteiger partial charge in [0.15, 0.2) is 0 Å². The molecule has 0 radical (unpaired) electrons. The molecule has 0 aliphatic rings. The van der Waals surface area contributed by atoms with Gasteiger partial charge in [-0.05, 0) is 0 Å². The van der Waals surface area contributed by atoms with Crippen LogP contribution in [-0.4, -0.2) is 22.6 Å². The van der Waals surface area contributed by atoms with E-state index in [2.05, 4.69) is 0 Å². The highest BCUT2D eigenvalue weighted by atomic mass is 32.2. The summed E-state index contributed by atoms with van der Waals surface area (Å²) in [6.45, 7) is 5.67. The summed E-state index contributed by atoms with van der Waals surface area (Å²) in [4.78, 5) is 10.3. The summed E-state index contributed by atoms with van der Waals surface area (Å²) < 4.78 is 1.89. The first-order valence-corrected chi connectivity index (χ1v) is 3.70. The van der Waals surface area contributed by atoms with Gasteiger partial charge in [-0.25, -0.2) is 4.31 Å². The summed E-state index contributed by atoms with van der Waals surface area (Å²) in [5, 5.41) is -0.335. The van der Waals surface area contributed by atoms with Crippen LogP contribution in [0.3, 0.4) is 0 Å². The molecule has 0 aromatic heterocycles. The van der Waals surface area contributed by atoms with Gasteiger partial charge in [-0.1, -0.05) is 13.8 Å². The summed E-state index contributed by atoms with van der Waals surface area (Å²) in [7, 11) is 0. The van der Waals surface area contributed by atoms with E-state index in [1.165, 1.54) is 0 Å². The number of hydrogen-bond acceptors (Lipinski definition) is 3. The highest BCUT2D eigenvalue weighted by Crippen LogP contribution is 2.06. The SMILES string of the molecule is CCN(CC)SC(N)=O. The number of primary amides is 1. The normalized spacial score (nSPS) is 10.1. The molecule has 9 heavy (non-hydrogen) atoms. The maximum atomic E-state index is 10.3. The van der Waals surface area contributed by atoms with Gasteiger partial charge in [-0.2, -0.15) is 0 Å². The Kier molecular flexibility index (Phi) is 4.53. The van der Waals surface area contributed by atoms with Crippen LogP contribution in [0.25, 0.3) is 0 Å². The van der Waals surface area contributed by atoms with Gasteiger partial charge < -0.3 is 5.73 Å². The molecule has 0 heterocycles. The zero-order chi connectivity index (χ0) is 7.28. The third kappa shape index (κ3) is 4.29. The van der Waals surface area contributed by atoms with Gasteiger partial charge in [0, 0.05) is 25.0 Å². The van der Waals surface area contributed by atoms with Gasteiger partial charge in [0.2, 0.25) is 0 Å².